The number of nitrogen functional groups attached to an aromatic ring is 2. The summed E-state index contributed by atoms with van der Waals surface area (Å²) >= 11 is 3.49. The quantitative estimate of drug-likeness (QED) is 0.637. The summed E-state index contributed by atoms with van der Waals surface area (Å²) in [5.74, 6) is 0.525. The van der Waals surface area contributed by atoms with E-state index < -0.39 is 0 Å². The summed E-state index contributed by atoms with van der Waals surface area (Å²) < 4.78 is 0.906. The smallest absolute Gasteiger partial charge is 0.221 e. The summed E-state index contributed by atoms with van der Waals surface area (Å²) in [5, 5.41) is 7.89. The number of H-pyrrole nitrogens is 1. The van der Waals surface area contributed by atoms with Gasteiger partial charge in [-0.05, 0) is 33.6 Å². The van der Waals surface area contributed by atoms with Crippen molar-refractivity contribution in [1.29, 1.82) is 0 Å². The predicted octanol–water partition coefficient (Wildman–Crippen LogP) is 1.95. The molecule has 0 saturated heterocycles. The molecule has 0 bridgehead atoms. The van der Waals surface area contributed by atoms with Gasteiger partial charge in [0.25, 0.3) is 0 Å². The number of fused-ring (bicyclic) bond motifs is 1. The van der Waals surface area contributed by atoms with Gasteiger partial charge in [-0.15, -0.1) is 0 Å². The Labute approximate surface area is 111 Å². The van der Waals surface area contributed by atoms with Gasteiger partial charge in [-0.25, -0.2) is 4.98 Å². The van der Waals surface area contributed by atoms with Gasteiger partial charge in [-0.2, -0.15) is 10.1 Å². The number of hydrogen-bond donors (Lipinski definition) is 3. The zero-order valence-electron chi connectivity index (χ0n) is 9.18. The minimum Gasteiger partial charge on any atom is -0.383 e. The molecule has 2 heterocycles. The molecule has 2 aromatic heterocycles. The van der Waals surface area contributed by atoms with E-state index in [1.165, 1.54) is 0 Å². The maximum atomic E-state index is 5.85. The number of hydrogen-bond acceptors (Lipinski definition) is 5. The molecule has 18 heavy (non-hydrogen) atoms. The lowest BCUT2D eigenvalue weighted by Gasteiger charge is -2.06. The van der Waals surface area contributed by atoms with Gasteiger partial charge in [0, 0.05) is 21.6 Å². The average molecular weight is 305 g/mol. The molecule has 0 aliphatic heterocycles. The fraction of sp³-hybridized carbons (Fsp3) is 0. The molecule has 90 valence electrons. The van der Waals surface area contributed by atoms with Crippen molar-refractivity contribution in [1.82, 2.24) is 20.2 Å². The third-order valence-corrected chi connectivity index (χ3v) is 3.27. The maximum Gasteiger partial charge on any atom is 0.221 e. The van der Waals surface area contributed by atoms with Crippen LogP contribution in [-0.4, -0.2) is 20.2 Å². The number of nitrogens with one attached hydrogen (secondary N) is 1. The Morgan fingerprint density at radius 1 is 1.17 bits per heavy atom. The molecular formula is C11H9BrN6. The molecule has 3 aromatic rings. The highest BCUT2D eigenvalue weighted by molar-refractivity contribution is 9.10. The summed E-state index contributed by atoms with van der Waals surface area (Å²) in [5.41, 5.74) is 13.9. The van der Waals surface area contributed by atoms with Gasteiger partial charge in [-0.1, -0.05) is 0 Å². The number of benzene rings is 1. The molecule has 0 atom stereocenters. The highest BCUT2D eigenvalue weighted by atomic mass is 79.9. The van der Waals surface area contributed by atoms with E-state index in [1.54, 1.807) is 12.4 Å². The Hall–Kier alpha value is -2.15. The van der Waals surface area contributed by atoms with E-state index in [0.717, 1.165) is 26.5 Å². The van der Waals surface area contributed by atoms with Crippen molar-refractivity contribution >= 4 is 38.6 Å². The van der Waals surface area contributed by atoms with Crippen LogP contribution in [0.5, 0.6) is 0 Å². The predicted molar refractivity (Wildman–Crippen MR) is 73.6 cm³/mol. The Bertz CT molecular complexity index is 735. The number of aromatic nitrogens is 4. The topological polar surface area (TPSA) is 106 Å². The zero-order valence-corrected chi connectivity index (χ0v) is 10.8. The van der Waals surface area contributed by atoms with Crippen molar-refractivity contribution in [3.05, 3.63) is 29.0 Å². The minimum absolute atomic E-state index is 0.166. The normalized spacial score (nSPS) is 10.9. The van der Waals surface area contributed by atoms with Crippen LogP contribution < -0.4 is 11.5 Å². The van der Waals surface area contributed by atoms with Crippen molar-refractivity contribution in [2.45, 2.75) is 0 Å². The third-order valence-electron chi connectivity index (χ3n) is 2.65. The number of halogens is 1. The van der Waals surface area contributed by atoms with Crippen LogP contribution in [0.4, 0.5) is 11.8 Å². The van der Waals surface area contributed by atoms with Crippen molar-refractivity contribution < 1.29 is 0 Å². The molecule has 0 aliphatic carbocycles. The molecule has 0 spiro atoms. The summed E-state index contributed by atoms with van der Waals surface area (Å²) in [4.78, 5) is 7.91. The molecule has 3 rings (SSSR count). The van der Waals surface area contributed by atoms with Crippen LogP contribution >= 0.6 is 15.9 Å². The minimum atomic E-state index is 0.166. The van der Waals surface area contributed by atoms with E-state index in [1.807, 2.05) is 12.1 Å². The molecule has 0 fully saturated rings. The van der Waals surface area contributed by atoms with Gasteiger partial charge < -0.3 is 11.5 Å². The van der Waals surface area contributed by atoms with Gasteiger partial charge in [0.2, 0.25) is 5.95 Å². The maximum absolute atomic E-state index is 5.85. The van der Waals surface area contributed by atoms with Gasteiger partial charge in [0.1, 0.15) is 5.82 Å². The number of rotatable bonds is 1. The molecule has 0 aliphatic rings. The Balaban J connectivity index is 2.24. The number of anilines is 2. The van der Waals surface area contributed by atoms with Crippen molar-refractivity contribution in [2.24, 2.45) is 0 Å². The first-order valence-corrected chi connectivity index (χ1v) is 5.95. The molecule has 0 amide bonds. The molecule has 6 nitrogen and oxygen atoms in total. The van der Waals surface area contributed by atoms with E-state index in [4.69, 9.17) is 11.5 Å². The summed E-state index contributed by atoms with van der Waals surface area (Å²) in [7, 11) is 0. The number of aromatic amines is 1. The third kappa shape index (κ3) is 1.68. The van der Waals surface area contributed by atoms with E-state index in [0.29, 0.717) is 5.82 Å². The lowest BCUT2D eigenvalue weighted by atomic mass is 10.1. The second-order valence-corrected chi connectivity index (χ2v) is 4.67. The summed E-state index contributed by atoms with van der Waals surface area (Å²) in [6.45, 7) is 0. The Kier molecular flexibility index (Phi) is 2.41. The monoisotopic (exact) mass is 304 g/mol. The summed E-state index contributed by atoms with van der Waals surface area (Å²) in [6, 6.07) is 3.90. The van der Waals surface area contributed by atoms with Crippen LogP contribution in [0.1, 0.15) is 0 Å². The lowest BCUT2D eigenvalue weighted by molar-refractivity contribution is 1.12. The van der Waals surface area contributed by atoms with E-state index >= 15 is 0 Å². The van der Waals surface area contributed by atoms with Crippen LogP contribution in [0.15, 0.2) is 29.0 Å². The average Bonchev–Trinajstić information content (AvgIpc) is 2.77. The van der Waals surface area contributed by atoms with E-state index in [-0.39, 0.29) is 5.95 Å². The Morgan fingerprint density at radius 2 is 2.00 bits per heavy atom. The standard InChI is InChI=1S/C11H9BrN6/c12-8-2-5(1-6-3-16-18-9(6)8)7-4-15-11(14)17-10(7)13/h1-4H,(H,16,18)(H4,13,14,15,17). The molecule has 7 heteroatoms. The highest BCUT2D eigenvalue weighted by Gasteiger charge is 2.09. The van der Waals surface area contributed by atoms with Crippen LogP contribution in [0.3, 0.4) is 0 Å². The fourth-order valence-electron chi connectivity index (χ4n) is 1.80. The zero-order chi connectivity index (χ0) is 12.7. The van der Waals surface area contributed by atoms with Gasteiger partial charge >= 0.3 is 0 Å². The SMILES string of the molecule is Nc1ncc(-c2cc(Br)c3[nH]ncc3c2)c(N)n1. The summed E-state index contributed by atoms with van der Waals surface area (Å²) in [6.07, 6.45) is 3.36. The second-order valence-electron chi connectivity index (χ2n) is 3.82. The highest BCUT2D eigenvalue weighted by Crippen LogP contribution is 2.31. The van der Waals surface area contributed by atoms with Crippen molar-refractivity contribution in [2.75, 3.05) is 11.5 Å². The lowest BCUT2D eigenvalue weighted by Crippen LogP contribution is -2.00. The molecule has 0 radical (unpaired) electrons. The second kappa shape index (κ2) is 3.95. The van der Waals surface area contributed by atoms with Crippen LogP contribution in [0, 0.1) is 0 Å². The van der Waals surface area contributed by atoms with Crippen molar-refractivity contribution in [3.8, 4) is 11.1 Å². The first-order chi connectivity index (χ1) is 8.65. The van der Waals surface area contributed by atoms with Gasteiger partial charge in [0.15, 0.2) is 0 Å². The largest absolute Gasteiger partial charge is 0.383 e. The first-order valence-electron chi connectivity index (χ1n) is 5.16. The van der Waals surface area contributed by atoms with E-state index in [2.05, 4.69) is 36.1 Å². The molecule has 5 N–H and O–H groups in total. The van der Waals surface area contributed by atoms with Gasteiger partial charge in [0.05, 0.1) is 11.7 Å². The van der Waals surface area contributed by atoms with Crippen LogP contribution in [0.25, 0.3) is 22.0 Å². The first kappa shape index (κ1) is 11.0. The molecule has 1 aromatic carbocycles. The van der Waals surface area contributed by atoms with Crippen LogP contribution in [0.2, 0.25) is 0 Å². The van der Waals surface area contributed by atoms with Crippen LogP contribution in [-0.2, 0) is 0 Å². The fourth-order valence-corrected chi connectivity index (χ4v) is 2.37. The Morgan fingerprint density at radius 3 is 2.78 bits per heavy atom. The molecule has 0 unspecified atom stereocenters. The molecular weight excluding hydrogens is 296 g/mol. The van der Waals surface area contributed by atoms with E-state index in [9.17, 15) is 0 Å². The van der Waals surface area contributed by atoms with Gasteiger partial charge in [-0.3, -0.25) is 5.10 Å². The molecule has 0 saturated carbocycles. The van der Waals surface area contributed by atoms with Crippen molar-refractivity contribution in [3.63, 3.8) is 0 Å². The number of nitrogens with zero attached hydrogens (tertiary/aromatic N) is 3. The number of nitrogens with two attached hydrogens (primary N) is 2.